The van der Waals surface area contributed by atoms with E-state index in [4.69, 9.17) is 10.00 Å². The van der Waals surface area contributed by atoms with Crippen LogP contribution in [-0.4, -0.2) is 30.6 Å². The largest absolute Gasteiger partial charge is 0.482 e. The van der Waals surface area contributed by atoms with Crippen molar-refractivity contribution in [2.45, 2.75) is 12.8 Å². The molecule has 6 heteroatoms. The van der Waals surface area contributed by atoms with Crippen LogP contribution < -0.4 is 15.0 Å². The first-order valence-corrected chi connectivity index (χ1v) is 7.89. The second-order valence-electron chi connectivity index (χ2n) is 5.54. The lowest BCUT2D eigenvalue weighted by molar-refractivity contribution is -0.118. The molecule has 122 valence electrons. The Labute approximate surface area is 140 Å². The molecule has 1 amide bonds. The molecule has 1 aliphatic rings. The van der Waals surface area contributed by atoms with E-state index in [2.05, 4.69) is 15.2 Å². The van der Waals surface area contributed by atoms with E-state index >= 15 is 0 Å². The third kappa shape index (κ3) is 3.82. The number of ether oxygens (including phenoxy) is 1. The summed E-state index contributed by atoms with van der Waals surface area (Å²) < 4.78 is 5.40. The van der Waals surface area contributed by atoms with E-state index < -0.39 is 0 Å². The molecule has 0 unspecified atom stereocenters. The van der Waals surface area contributed by atoms with Crippen LogP contribution in [0.5, 0.6) is 5.75 Å². The van der Waals surface area contributed by atoms with Gasteiger partial charge in [-0.3, -0.25) is 4.79 Å². The summed E-state index contributed by atoms with van der Waals surface area (Å²) in [7, 11) is 0. The summed E-state index contributed by atoms with van der Waals surface area (Å²) in [6.07, 6.45) is 4.04. The van der Waals surface area contributed by atoms with Crippen LogP contribution in [0.4, 0.5) is 11.5 Å². The van der Waals surface area contributed by atoms with E-state index in [0.29, 0.717) is 17.0 Å². The van der Waals surface area contributed by atoms with Crippen molar-refractivity contribution in [3.05, 3.63) is 48.2 Å². The summed E-state index contributed by atoms with van der Waals surface area (Å²) >= 11 is 0. The third-order valence-corrected chi connectivity index (χ3v) is 3.83. The molecule has 1 saturated heterocycles. The van der Waals surface area contributed by atoms with Gasteiger partial charge in [-0.2, -0.15) is 5.26 Å². The zero-order chi connectivity index (χ0) is 16.8. The van der Waals surface area contributed by atoms with Crippen LogP contribution in [0.1, 0.15) is 18.4 Å². The number of para-hydroxylation sites is 1. The molecule has 1 N–H and O–H groups in total. The van der Waals surface area contributed by atoms with Gasteiger partial charge in [-0.15, -0.1) is 0 Å². The van der Waals surface area contributed by atoms with Gasteiger partial charge in [-0.1, -0.05) is 12.1 Å². The maximum atomic E-state index is 12.0. The lowest BCUT2D eigenvalue weighted by atomic mass is 10.2. The number of carbonyl (C=O) groups excluding carboxylic acids is 1. The monoisotopic (exact) mass is 322 g/mol. The Hall–Kier alpha value is -3.07. The number of hydrogen-bond donors (Lipinski definition) is 1. The van der Waals surface area contributed by atoms with Crippen molar-refractivity contribution in [1.29, 1.82) is 5.26 Å². The summed E-state index contributed by atoms with van der Waals surface area (Å²) in [6, 6.07) is 12.6. The summed E-state index contributed by atoms with van der Waals surface area (Å²) in [4.78, 5) is 18.6. The molecule has 3 rings (SSSR count). The summed E-state index contributed by atoms with van der Waals surface area (Å²) in [6.45, 7) is 1.91. The summed E-state index contributed by atoms with van der Waals surface area (Å²) in [5.41, 5.74) is 1.03. The Morgan fingerprint density at radius 1 is 1.25 bits per heavy atom. The lowest BCUT2D eigenvalue weighted by Gasteiger charge is -2.16. The molecule has 1 fully saturated rings. The van der Waals surface area contributed by atoms with Gasteiger partial charge in [0.1, 0.15) is 17.6 Å². The topological polar surface area (TPSA) is 78.2 Å². The quantitative estimate of drug-likeness (QED) is 0.915. The zero-order valence-electron chi connectivity index (χ0n) is 13.2. The predicted octanol–water partition coefficient (Wildman–Crippen LogP) is 2.57. The van der Waals surface area contributed by atoms with Crippen molar-refractivity contribution in [2.24, 2.45) is 0 Å². The van der Waals surface area contributed by atoms with Crippen LogP contribution in [0.3, 0.4) is 0 Å². The van der Waals surface area contributed by atoms with Crippen molar-refractivity contribution in [3.8, 4) is 11.8 Å². The van der Waals surface area contributed by atoms with Crippen LogP contribution in [0.2, 0.25) is 0 Å². The van der Waals surface area contributed by atoms with Crippen LogP contribution in [0.25, 0.3) is 0 Å². The highest BCUT2D eigenvalue weighted by Crippen LogP contribution is 2.19. The Balaban J connectivity index is 1.54. The number of pyridine rings is 1. The Morgan fingerprint density at radius 3 is 2.75 bits per heavy atom. The van der Waals surface area contributed by atoms with Gasteiger partial charge in [0.15, 0.2) is 6.61 Å². The number of aromatic nitrogens is 1. The molecule has 0 aliphatic carbocycles. The molecule has 6 nitrogen and oxygen atoms in total. The number of amides is 1. The van der Waals surface area contributed by atoms with E-state index in [1.807, 2.05) is 18.2 Å². The molecule has 24 heavy (non-hydrogen) atoms. The number of carbonyl (C=O) groups is 1. The highest BCUT2D eigenvalue weighted by atomic mass is 16.5. The van der Waals surface area contributed by atoms with Gasteiger partial charge in [-0.05, 0) is 37.1 Å². The first-order valence-electron chi connectivity index (χ1n) is 7.89. The number of nitriles is 1. The second kappa shape index (κ2) is 7.47. The van der Waals surface area contributed by atoms with Crippen LogP contribution >= 0.6 is 0 Å². The number of nitrogens with zero attached hydrogens (tertiary/aromatic N) is 3. The lowest BCUT2D eigenvalue weighted by Crippen LogP contribution is -2.21. The molecule has 0 atom stereocenters. The van der Waals surface area contributed by atoms with Crippen molar-refractivity contribution in [2.75, 3.05) is 29.9 Å². The van der Waals surface area contributed by atoms with Gasteiger partial charge in [0.2, 0.25) is 0 Å². The maximum Gasteiger partial charge on any atom is 0.262 e. The molecule has 0 spiro atoms. The number of hydrogen-bond acceptors (Lipinski definition) is 5. The zero-order valence-corrected chi connectivity index (χ0v) is 13.2. The number of rotatable bonds is 5. The van der Waals surface area contributed by atoms with Gasteiger partial charge in [0.05, 0.1) is 17.4 Å². The molecular weight excluding hydrogens is 304 g/mol. The second-order valence-corrected chi connectivity index (χ2v) is 5.54. The highest BCUT2D eigenvalue weighted by molar-refractivity contribution is 5.91. The molecule has 0 bridgehead atoms. The average molecular weight is 322 g/mol. The normalized spacial score (nSPS) is 13.4. The van der Waals surface area contributed by atoms with E-state index in [9.17, 15) is 4.79 Å². The van der Waals surface area contributed by atoms with E-state index in [0.717, 1.165) is 18.9 Å². The molecule has 0 saturated carbocycles. The molecule has 1 aromatic carbocycles. The van der Waals surface area contributed by atoms with E-state index in [1.54, 1.807) is 30.5 Å². The van der Waals surface area contributed by atoms with Gasteiger partial charge in [0.25, 0.3) is 5.91 Å². The average Bonchev–Trinajstić information content (AvgIpc) is 3.15. The van der Waals surface area contributed by atoms with Crippen LogP contribution in [0.15, 0.2) is 42.6 Å². The molecule has 2 aromatic rings. The molecule has 0 radical (unpaired) electrons. The first-order chi connectivity index (χ1) is 11.8. The fourth-order valence-electron chi connectivity index (χ4n) is 2.62. The van der Waals surface area contributed by atoms with Gasteiger partial charge < -0.3 is 15.0 Å². The molecule has 2 heterocycles. The number of anilines is 2. The van der Waals surface area contributed by atoms with Gasteiger partial charge in [-0.25, -0.2) is 4.98 Å². The fourth-order valence-corrected chi connectivity index (χ4v) is 2.62. The van der Waals surface area contributed by atoms with Crippen molar-refractivity contribution in [3.63, 3.8) is 0 Å². The SMILES string of the molecule is N#Cc1ccccc1OCC(=O)Nc1ccc(N2CCCC2)nc1. The van der Waals surface area contributed by atoms with Crippen molar-refractivity contribution < 1.29 is 9.53 Å². The van der Waals surface area contributed by atoms with Crippen molar-refractivity contribution >= 4 is 17.4 Å². The van der Waals surface area contributed by atoms with Crippen molar-refractivity contribution in [1.82, 2.24) is 4.98 Å². The Kier molecular flexibility index (Phi) is 4.92. The third-order valence-electron chi connectivity index (χ3n) is 3.83. The van der Waals surface area contributed by atoms with Crippen LogP contribution in [0, 0.1) is 11.3 Å². The van der Waals surface area contributed by atoms with Gasteiger partial charge >= 0.3 is 0 Å². The Morgan fingerprint density at radius 2 is 2.04 bits per heavy atom. The first kappa shape index (κ1) is 15.8. The fraction of sp³-hybridized carbons (Fsp3) is 0.278. The minimum Gasteiger partial charge on any atom is -0.482 e. The molecule has 1 aromatic heterocycles. The predicted molar refractivity (Wildman–Crippen MR) is 91.0 cm³/mol. The minimum atomic E-state index is -0.293. The summed E-state index contributed by atoms with van der Waals surface area (Å²) in [5, 5.41) is 11.7. The highest BCUT2D eigenvalue weighted by Gasteiger charge is 2.13. The standard InChI is InChI=1S/C18H18N4O2/c19-11-14-5-1-2-6-16(14)24-13-18(23)21-15-7-8-17(20-12-15)22-9-3-4-10-22/h1-2,5-8,12H,3-4,9-10,13H2,(H,21,23). The van der Waals surface area contributed by atoms with Gasteiger partial charge in [0, 0.05) is 13.1 Å². The number of benzene rings is 1. The minimum absolute atomic E-state index is 0.160. The molecule has 1 aliphatic heterocycles. The Bertz CT molecular complexity index is 746. The number of nitrogens with one attached hydrogen (secondary N) is 1. The van der Waals surface area contributed by atoms with Crippen LogP contribution in [-0.2, 0) is 4.79 Å². The maximum absolute atomic E-state index is 12.0. The smallest absolute Gasteiger partial charge is 0.262 e. The van der Waals surface area contributed by atoms with E-state index in [1.165, 1.54) is 12.8 Å². The van der Waals surface area contributed by atoms with E-state index in [-0.39, 0.29) is 12.5 Å². The molecular formula is C18H18N4O2. The summed E-state index contributed by atoms with van der Waals surface area (Å²) in [5.74, 6) is 1.04.